The summed E-state index contributed by atoms with van der Waals surface area (Å²) in [7, 11) is -0.535. The Morgan fingerprint density at radius 3 is 2.41 bits per heavy atom. The van der Waals surface area contributed by atoms with Crippen molar-refractivity contribution in [3.8, 4) is 0 Å². The molecule has 1 unspecified atom stereocenters. The molecule has 12 heteroatoms. The van der Waals surface area contributed by atoms with Crippen molar-refractivity contribution in [2.24, 2.45) is 0 Å². The van der Waals surface area contributed by atoms with Gasteiger partial charge in [0.05, 0.1) is 39.6 Å². The Kier molecular flexibility index (Phi) is 14.2. The highest BCUT2D eigenvalue weighted by Gasteiger charge is 2.04. The van der Waals surface area contributed by atoms with Gasteiger partial charge < -0.3 is 39.6 Å². The van der Waals surface area contributed by atoms with Gasteiger partial charge in [0.2, 0.25) is 12.3 Å². The van der Waals surface area contributed by atoms with E-state index in [0.717, 1.165) is 5.56 Å². The van der Waals surface area contributed by atoms with E-state index in [0.29, 0.717) is 51.7 Å². The fourth-order valence-corrected chi connectivity index (χ4v) is 2.09. The molecule has 0 aliphatic carbocycles. The summed E-state index contributed by atoms with van der Waals surface area (Å²) in [6, 6.07) is 6.76. The molecule has 0 heterocycles. The van der Waals surface area contributed by atoms with E-state index in [1.54, 1.807) is 24.3 Å². The van der Waals surface area contributed by atoms with Gasteiger partial charge in [-0.1, -0.05) is 12.1 Å². The molecule has 1 aromatic rings. The molecular formula is C17H26N3O8P. The molecule has 0 bridgehead atoms. The van der Waals surface area contributed by atoms with Crippen LogP contribution in [0.3, 0.4) is 0 Å². The van der Waals surface area contributed by atoms with E-state index in [-0.39, 0.29) is 19.1 Å². The van der Waals surface area contributed by atoms with Crippen molar-refractivity contribution in [2.75, 3.05) is 51.4 Å². The minimum Gasteiger partial charge on any atom is -0.445 e. The minimum absolute atomic E-state index is 0.0813. The topological polar surface area (TPSA) is 144 Å². The van der Waals surface area contributed by atoms with E-state index in [9.17, 15) is 14.4 Å². The maximum absolute atomic E-state index is 11.6. The smallest absolute Gasteiger partial charge is 0.407 e. The lowest BCUT2D eigenvalue weighted by atomic mass is 10.2. The molecule has 0 radical (unpaired) electrons. The lowest BCUT2D eigenvalue weighted by Gasteiger charge is -2.09. The summed E-state index contributed by atoms with van der Waals surface area (Å²) < 4.78 is 20.3. The van der Waals surface area contributed by atoms with E-state index in [2.05, 4.69) is 16.0 Å². The van der Waals surface area contributed by atoms with Gasteiger partial charge in [-0.05, 0) is 17.7 Å². The lowest BCUT2D eigenvalue weighted by Crippen LogP contribution is -2.28. The van der Waals surface area contributed by atoms with Crippen LogP contribution in [0.15, 0.2) is 24.3 Å². The first-order valence-corrected chi connectivity index (χ1v) is 9.64. The third-order valence-electron chi connectivity index (χ3n) is 3.24. The van der Waals surface area contributed by atoms with E-state index >= 15 is 0 Å². The summed E-state index contributed by atoms with van der Waals surface area (Å²) in [6.45, 7) is 2.08. The number of alkyl carbamates (subject to hydrolysis) is 1. The lowest BCUT2D eigenvalue weighted by molar-refractivity contribution is -0.118. The number of ether oxygens (including phenoxy) is 3. The second-order valence-corrected chi connectivity index (χ2v) is 5.88. The molecule has 0 saturated carbocycles. The first-order valence-electron chi connectivity index (χ1n) is 8.78. The molecule has 0 spiro atoms. The standard InChI is InChI=1S/C17H26N3O8P/c21-13-18-11-16(22)20-15-3-1-14(2-4-15)12-27-17(23)19-5-6-25-7-8-26-9-10-28-29-24/h1-4,13,24,29H,5-12H2,(H,18,21)(H,19,23)(H,20,22). The van der Waals surface area contributed by atoms with Crippen LogP contribution >= 0.6 is 9.03 Å². The highest BCUT2D eigenvalue weighted by Crippen LogP contribution is 2.10. The number of nitrogens with one attached hydrogen (secondary N) is 3. The van der Waals surface area contributed by atoms with Crippen molar-refractivity contribution in [1.29, 1.82) is 0 Å². The van der Waals surface area contributed by atoms with E-state index in [1.807, 2.05) is 0 Å². The van der Waals surface area contributed by atoms with Crippen molar-refractivity contribution >= 4 is 33.1 Å². The van der Waals surface area contributed by atoms with Crippen LogP contribution in [-0.2, 0) is 34.9 Å². The van der Waals surface area contributed by atoms with Crippen LogP contribution in [0.4, 0.5) is 10.5 Å². The second kappa shape index (κ2) is 16.6. The molecule has 29 heavy (non-hydrogen) atoms. The third kappa shape index (κ3) is 13.5. The Morgan fingerprint density at radius 2 is 1.72 bits per heavy atom. The number of rotatable bonds is 16. The second-order valence-electron chi connectivity index (χ2n) is 5.41. The van der Waals surface area contributed by atoms with E-state index in [1.165, 1.54) is 0 Å². The zero-order chi connectivity index (χ0) is 21.2. The molecule has 3 amide bonds. The summed E-state index contributed by atoms with van der Waals surface area (Å²) >= 11 is 0. The van der Waals surface area contributed by atoms with Crippen LogP contribution in [0.5, 0.6) is 0 Å². The van der Waals surface area contributed by atoms with Crippen molar-refractivity contribution in [3.63, 3.8) is 0 Å². The van der Waals surface area contributed by atoms with Crippen molar-refractivity contribution in [1.82, 2.24) is 10.6 Å². The largest absolute Gasteiger partial charge is 0.445 e. The van der Waals surface area contributed by atoms with Gasteiger partial charge in [0.1, 0.15) is 6.61 Å². The van der Waals surface area contributed by atoms with Crippen LogP contribution in [-0.4, -0.2) is 69.4 Å². The summed E-state index contributed by atoms with van der Waals surface area (Å²) in [5.41, 5.74) is 1.32. The number of carbonyl (C=O) groups is 3. The third-order valence-corrected chi connectivity index (χ3v) is 3.57. The van der Waals surface area contributed by atoms with E-state index < -0.39 is 15.1 Å². The zero-order valence-electron chi connectivity index (χ0n) is 15.8. The van der Waals surface area contributed by atoms with Gasteiger partial charge in [-0.15, -0.1) is 0 Å². The normalized spacial score (nSPS) is 10.7. The van der Waals surface area contributed by atoms with Crippen LogP contribution in [0.25, 0.3) is 0 Å². The Labute approximate surface area is 170 Å². The molecule has 1 atom stereocenters. The molecule has 1 rings (SSSR count). The summed E-state index contributed by atoms with van der Waals surface area (Å²) in [5.74, 6) is -0.342. The maximum atomic E-state index is 11.6. The van der Waals surface area contributed by atoms with Crippen LogP contribution in [0.2, 0.25) is 0 Å². The Balaban J connectivity index is 2.06. The first kappa shape index (κ1) is 24.7. The van der Waals surface area contributed by atoms with Crippen molar-refractivity contribution in [3.05, 3.63) is 29.8 Å². The van der Waals surface area contributed by atoms with E-state index in [4.69, 9.17) is 23.6 Å². The number of amides is 3. The van der Waals surface area contributed by atoms with Gasteiger partial charge in [0, 0.05) is 12.2 Å². The number of carbonyl (C=O) groups excluding carboxylic acids is 3. The molecule has 11 nitrogen and oxygen atoms in total. The molecule has 0 fully saturated rings. The SMILES string of the molecule is O=CNCC(=O)Nc1ccc(COC(=O)NCCOCCOCCOPO)cc1. The average molecular weight is 431 g/mol. The Morgan fingerprint density at radius 1 is 1.03 bits per heavy atom. The van der Waals surface area contributed by atoms with Crippen LogP contribution in [0.1, 0.15) is 5.56 Å². The molecule has 1 aromatic carbocycles. The van der Waals surface area contributed by atoms with Gasteiger partial charge in [-0.25, -0.2) is 4.79 Å². The molecule has 162 valence electrons. The fourth-order valence-electron chi connectivity index (χ4n) is 1.92. The fraction of sp³-hybridized carbons (Fsp3) is 0.471. The molecule has 0 aliphatic rings. The highest BCUT2D eigenvalue weighted by molar-refractivity contribution is 7.24. The van der Waals surface area contributed by atoms with Gasteiger partial charge in [0.25, 0.3) is 0 Å². The molecule has 4 N–H and O–H groups in total. The summed E-state index contributed by atoms with van der Waals surface area (Å²) in [6.07, 6.45) is -0.117. The number of anilines is 1. The maximum Gasteiger partial charge on any atom is 0.407 e. The van der Waals surface area contributed by atoms with Crippen molar-refractivity contribution < 1.29 is 38.0 Å². The van der Waals surface area contributed by atoms with Gasteiger partial charge >= 0.3 is 6.09 Å². The van der Waals surface area contributed by atoms with Gasteiger partial charge in [-0.3, -0.25) is 9.59 Å². The van der Waals surface area contributed by atoms with Gasteiger partial charge in [-0.2, -0.15) is 0 Å². The molecule has 0 saturated heterocycles. The van der Waals surface area contributed by atoms with Crippen molar-refractivity contribution in [2.45, 2.75) is 6.61 Å². The monoisotopic (exact) mass is 431 g/mol. The predicted octanol–water partition coefficient (Wildman–Crippen LogP) is 0.148. The number of benzene rings is 1. The molecule has 0 aliphatic heterocycles. The Bertz CT molecular complexity index is 603. The van der Waals surface area contributed by atoms with Crippen LogP contribution in [0, 0.1) is 0 Å². The molecule has 0 aromatic heterocycles. The molecular weight excluding hydrogens is 405 g/mol. The summed E-state index contributed by atoms with van der Waals surface area (Å²) in [4.78, 5) is 41.7. The summed E-state index contributed by atoms with van der Waals surface area (Å²) in [5, 5.41) is 7.44. The Hall–Kier alpha value is -2.30. The minimum atomic E-state index is -0.566. The quantitative estimate of drug-likeness (QED) is 0.164. The average Bonchev–Trinajstić information content (AvgIpc) is 2.73. The number of hydrogen-bond donors (Lipinski definition) is 4. The van der Waals surface area contributed by atoms with Gasteiger partial charge in [0.15, 0.2) is 9.03 Å². The van der Waals surface area contributed by atoms with Crippen LogP contribution < -0.4 is 16.0 Å². The highest BCUT2D eigenvalue weighted by atomic mass is 31.1. The number of hydrogen-bond acceptors (Lipinski definition) is 8. The first-order chi connectivity index (χ1) is 14.2. The zero-order valence-corrected chi connectivity index (χ0v) is 16.8. The predicted molar refractivity (Wildman–Crippen MR) is 105 cm³/mol.